The van der Waals surface area contributed by atoms with Crippen LogP contribution >= 0.6 is 0 Å². The molecule has 1 heterocycles. The van der Waals surface area contributed by atoms with E-state index in [1.807, 2.05) is 30.3 Å². The molecule has 1 aromatic heterocycles. The van der Waals surface area contributed by atoms with Crippen molar-refractivity contribution in [3.8, 4) is 17.0 Å². The lowest BCUT2D eigenvalue weighted by atomic mass is 9.84. The molecular formula is C28H33N3O5S. The van der Waals surface area contributed by atoms with Crippen molar-refractivity contribution >= 4 is 15.9 Å². The second-order valence-corrected chi connectivity index (χ2v) is 11.8. The summed E-state index contributed by atoms with van der Waals surface area (Å²) in [7, 11) is -3.72. The first-order valence-corrected chi connectivity index (χ1v) is 13.9. The third-order valence-electron chi connectivity index (χ3n) is 6.79. The van der Waals surface area contributed by atoms with Crippen LogP contribution in [0.5, 0.6) is 5.88 Å². The number of sulfonamides is 1. The highest BCUT2D eigenvalue weighted by Crippen LogP contribution is 2.30. The Balaban J connectivity index is 1.34. The number of pyridine rings is 1. The molecule has 1 saturated carbocycles. The van der Waals surface area contributed by atoms with Gasteiger partial charge in [-0.25, -0.2) is 18.1 Å². The highest BCUT2D eigenvalue weighted by Gasteiger charge is 2.34. The molecule has 0 unspecified atom stereocenters. The van der Waals surface area contributed by atoms with Crippen LogP contribution in [0.1, 0.15) is 51.1 Å². The molecule has 0 bridgehead atoms. The first-order valence-electron chi connectivity index (χ1n) is 12.4. The maximum atomic E-state index is 13.0. The predicted molar refractivity (Wildman–Crippen MR) is 141 cm³/mol. The summed E-state index contributed by atoms with van der Waals surface area (Å²) in [5, 5.41) is 23.2. The molecule has 1 amide bonds. The van der Waals surface area contributed by atoms with Crippen molar-refractivity contribution in [2.45, 2.75) is 62.1 Å². The molecule has 4 N–H and O–H groups in total. The normalized spacial score (nSPS) is 19.2. The maximum absolute atomic E-state index is 13.0. The van der Waals surface area contributed by atoms with Crippen molar-refractivity contribution < 1.29 is 23.4 Å². The number of hydrogen-bond donors (Lipinski definition) is 4. The molecule has 0 spiro atoms. The molecular weight excluding hydrogens is 490 g/mol. The summed E-state index contributed by atoms with van der Waals surface area (Å²) < 4.78 is 28.7. The van der Waals surface area contributed by atoms with Crippen molar-refractivity contribution in [2.75, 3.05) is 0 Å². The molecule has 0 radical (unpaired) electrons. The molecule has 3 aromatic rings. The molecule has 0 aliphatic heterocycles. The number of nitrogens with zero attached hydrogens (tertiary/aromatic N) is 1. The van der Waals surface area contributed by atoms with Crippen molar-refractivity contribution in [2.24, 2.45) is 5.92 Å². The zero-order valence-electron chi connectivity index (χ0n) is 21.0. The summed E-state index contributed by atoms with van der Waals surface area (Å²) >= 11 is 0. The number of carbonyl (C=O) groups is 1. The number of amides is 1. The van der Waals surface area contributed by atoms with E-state index >= 15 is 0 Å². The highest BCUT2D eigenvalue weighted by molar-refractivity contribution is 7.89. The van der Waals surface area contributed by atoms with Gasteiger partial charge in [0.1, 0.15) is 0 Å². The van der Waals surface area contributed by atoms with E-state index in [0.29, 0.717) is 25.7 Å². The average molecular weight is 524 g/mol. The van der Waals surface area contributed by atoms with Gasteiger partial charge in [-0.1, -0.05) is 42.5 Å². The van der Waals surface area contributed by atoms with Gasteiger partial charge in [-0.05, 0) is 74.4 Å². The molecule has 4 rings (SSSR count). The molecule has 2 aromatic carbocycles. The third-order valence-corrected chi connectivity index (χ3v) is 8.33. The van der Waals surface area contributed by atoms with E-state index in [2.05, 4.69) is 15.0 Å². The Labute approximate surface area is 217 Å². The number of rotatable bonds is 8. The number of carbonyl (C=O) groups excluding carboxylic acids is 1. The third kappa shape index (κ3) is 6.74. The largest absolute Gasteiger partial charge is 0.493 e. The zero-order chi connectivity index (χ0) is 26.6. The molecule has 9 heteroatoms. The van der Waals surface area contributed by atoms with Gasteiger partial charge in [-0.2, -0.15) is 0 Å². The second-order valence-electron chi connectivity index (χ2n) is 10.1. The van der Waals surface area contributed by atoms with Crippen molar-refractivity contribution in [3.63, 3.8) is 0 Å². The van der Waals surface area contributed by atoms with Gasteiger partial charge in [0.05, 0.1) is 16.5 Å². The second kappa shape index (κ2) is 11.0. The standard InChI is InChI=1S/C28H33N3O5S/c1-28(2,34)26(20-6-4-3-5-7-20)30-27(33)21-8-12-23(13-9-21)31-37(35,36)24-14-10-19(11-15-24)22-16-17-29-25(32)18-22/h3-7,10-11,14-18,21,23,26,31,34H,8-9,12-13H2,1-2H3,(H,29,32)(H,30,33)/t21-,23-,26-/m0/s1. The lowest BCUT2D eigenvalue weighted by molar-refractivity contribution is -0.128. The van der Waals surface area contributed by atoms with Gasteiger partial charge in [0, 0.05) is 24.2 Å². The molecule has 0 saturated heterocycles. The van der Waals surface area contributed by atoms with Gasteiger partial charge in [0.25, 0.3) is 0 Å². The molecule has 1 fully saturated rings. The van der Waals surface area contributed by atoms with E-state index in [4.69, 9.17) is 0 Å². The van der Waals surface area contributed by atoms with Crippen LogP contribution in [0.3, 0.4) is 0 Å². The fourth-order valence-electron chi connectivity index (χ4n) is 4.76. The van der Waals surface area contributed by atoms with Crippen LogP contribution in [0, 0.1) is 5.92 Å². The molecule has 8 nitrogen and oxygen atoms in total. The van der Waals surface area contributed by atoms with Crippen molar-refractivity contribution in [1.29, 1.82) is 0 Å². The van der Waals surface area contributed by atoms with Crippen LogP contribution in [0.4, 0.5) is 0 Å². The van der Waals surface area contributed by atoms with Crippen molar-refractivity contribution in [1.82, 2.24) is 15.0 Å². The summed E-state index contributed by atoms with van der Waals surface area (Å²) in [6.45, 7) is 3.34. The Kier molecular flexibility index (Phi) is 7.96. The minimum absolute atomic E-state index is 0.101. The topological polar surface area (TPSA) is 129 Å². The molecule has 196 valence electrons. The van der Waals surface area contributed by atoms with Gasteiger partial charge in [-0.15, -0.1) is 0 Å². The number of benzene rings is 2. The summed E-state index contributed by atoms with van der Waals surface area (Å²) in [6, 6.07) is 18.3. The van der Waals surface area contributed by atoms with E-state index in [-0.39, 0.29) is 28.6 Å². The minimum atomic E-state index is -3.72. The quantitative estimate of drug-likeness (QED) is 0.354. The Hall–Kier alpha value is -3.27. The predicted octanol–water partition coefficient (Wildman–Crippen LogP) is 3.92. The number of hydrogen-bond acceptors (Lipinski definition) is 6. The SMILES string of the molecule is CC(C)(O)[C@@H](NC(=O)[C@H]1CC[C@H](NS(=O)(=O)c2ccc(-c3ccnc(O)c3)cc2)CC1)c1ccccc1. The van der Waals surface area contributed by atoms with Crippen LogP contribution in [-0.2, 0) is 14.8 Å². The summed E-state index contributed by atoms with van der Waals surface area (Å²) in [5.74, 6) is -0.476. The van der Waals surface area contributed by atoms with Crippen LogP contribution in [0.15, 0.2) is 77.8 Å². The van der Waals surface area contributed by atoms with E-state index in [1.165, 1.54) is 24.4 Å². The summed E-state index contributed by atoms with van der Waals surface area (Å²) in [4.78, 5) is 16.9. The maximum Gasteiger partial charge on any atom is 0.240 e. The highest BCUT2D eigenvalue weighted by atomic mass is 32.2. The Morgan fingerprint density at radius 1 is 0.973 bits per heavy atom. The fourth-order valence-corrected chi connectivity index (χ4v) is 6.06. The number of nitrogens with one attached hydrogen (secondary N) is 2. The fraction of sp³-hybridized carbons (Fsp3) is 0.357. The van der Waals surface area contributed by atoms with Crippen LogP contribution in [0.25, 0.3) is 11.1 Å². The summed E-state index contributed by atoms with van der Waals surface area (Å²) in [5.41, 5.74) is 1.19. The van der Waals surface area contributed by atoms with Crippen molar-refractivity contribution in [3.05, 3.63) is 78.5 Å². The lowest BCUT2D eigenvalue weighted by Gasteiger charge is -2.34. The van der Waals surface area contributed by atoms with Crippen LogP contribution < -0.4 is 10.0 Å². The van der Waals surface area contributed by atoms with E-state index in [1.54, 1.807) is 32.0 Å². The van der Waals surface area contributed by atoms with E-state index in [0.717, 1.165) is 16.7 Å². The molecule has 1 atom stereocenters. The average Bonchev–Trinajstić information content (AvgIpc) is 2.87. The first kappa shape index (κ1) is 26.8. The summed E-state index contributed by atoms with van der Waals surface area (Å²) in [6.07, 6.45) is 3.68. The Morgan fingerprint density at radius 2 is 1.62 bits per heavy atom. The van der Waals surface area contributed by atoms with Crippen LogP contribution in [-0.4, -0.2) is 41.2 Å². The molecule has 37 heavy (non-hydrogen) atoms. The Bertz CT molecular complexity index is 1310. The minimum Gasteiger partial charge on any atom is -0.493 e. The van der Waals surface area contributed by atoms with Gasteiger partial charge >= 0.3 is 0 Å². The monoisotopic (exact) mass is 523 g/mol. The number of aliphatic hydroxyl groups is 1. The van der Waals surface area contributed by atoms with Gasteiger partial charge < -0.3 is 15.5 Å². The number of aromatic hydroxyl groups is 1. The van der Waals surface area contributed by atoms with E-state index < -0.39 is 21.7 Å². The van der Waals surface area contributed by atoms with Crippen LogP contribution in [0.2, 0.25) is 0 Å². The Morgan fingerprint density at radius 3 is 2.22 bits per heavy atom. The van der Waals surface area contributed by atoms with Gasteiger partial charge in [0.2, 0.25) is 21.8 Å². The molecule has 1 aliphatic rings. The van der Waals surface area contributed by atoms with E-state index in [9.17, 15) is 23.4 Å². The molecule has 1 aliphatic carbocycles. The smallest absolute Gasteiger partial charge is 0.240 e. The van der Waals surface area contributed by atoms with Gasteiger partial charge in [-0.3, -0.25) is 4.79 Å². The zero-order valence-corrected chi connectivity index (χ0v) is 21.8. The number of aromatic nitrogens is 1. The van der Waals surface area contributed by atoms with Gasteiger partial charge in [0.15, 0.2) is 0 Å². The first-order chi connectivity index (χ1) is 17.5. The lowest BCUT2D eigenvalue weighted by Crippen LogP contribution is -2.46.